The molecule has 1 aromatic heterocycles. The predicted octanol–water partition coefficient (Wildman–Crippen LogP) is 2.74. The van der Waals surface area contributed by atoms with Crippen LogP contribution in [0.1, 0.15) is 16.8 Å². The van der Waals surface area contributed by atoms with Crippen LogP contribution in [0.5, 0.6) is 0 Å². The molecule has 0 saturated carbocycles. The lowest BCUT2D eigenvalue weighted by atomic mass is 10.2. The number of anilines is 1. The Morgan fingerprint density at radius 1 is 1.43 bits per heavy atom. The summed E-state index contributed by atoms with van der Waals surface area (Å²) in [5.74, 6) is 0. The Hall–Kier alpha value is -1.09. The van der Waals surface area contributed by atoms with Gasteiger partial charge in [0.1, 0.15) is 0 Å². The molecule has 3 N–H and O–H groups in total. The predicted molar refractivity (Wildman–Crippen MR) is 83.9 cm³/mol. The fourth-order valence-electron chi connectivity index (χ4n) is 1.76. The first-order valence-corrected chi connectivity index (χ1v) is 8.55. The summed E-state index contributed by atoms with van der Waals surface area (Å²) in [6.45, 7) is 3.02. The molecular weight excluding hydrogens is 382 g/mol. The van der Waals surface area contributed by atoms with Crippen LogP contribution in [-0.2, 0) is 16.6 Å². The highest BCUT2D eigenvalue weighted by atomic mass is 79.9. The van der Waals surface area contributed by atoms with Crippen LogP contribution >= 0.6 is 27.5 Å². The van der Waals surface area contributed by atoms with E-state index in [-0.39, 0.29) is 10.6 Å². The molecule has 114 valence electrons. The standard InChI is InChI=1S/C12H13BrClN3O3S/c1-6-3-9(13)11(4-10(6)14)17-21(19,20)12-8(5-18)7(2)15-16-12/h3-4,17-18H,5H2,1-2H3,(H,15,16). The molecule has 0 saturated heterocycles. The molecule has 0 unspecified atom stereocenters. The minimum Gasteiger partial charge on any atom is -0.392 e. The van der Waals surface area contributed by atoms with E-state index in [1.165, 1.54) is 6.07 Å². The van der Waals surface area contributed by atoms with Gasteiger partial charge in [0.05, 0.1) is 12.3 Å². The van der Waals surface area contributed by atoms with E-state index in [1.807, 2.05) is 6.92 Å². The number of halogens is 2. The Balaban J connectivity index is 2.45. The second-order valence-electron chi connectivity index (χ2n) is 4.48. The van der Waals surface area contributed by atoms with E-state index in [0.29, 0.717) is 20.9 Å². The number of nitrogens with zero attached hydrogens (tertiary/aromatic N) is 1. The number of hydrogen-bond acceptors (Lipinski definition) is 4. The number of sulfonamides is 1. The lowest BCUT2D eigenvalue weighted by Crippen LogP contribution is -2.16. The number of aromatic amines is 1. The van der Waals surface area contributed by atoms with Crippen molar-refractivity contribution in [1.29, 1.82) is 0 Å². The van der Waals surface area contributed by atoms with E-state index in [2.05, 4.69) is 30.8 Å². The number of aryl methyl sites for hydroxylation is 2. The number of rotatable bonds is 4. The van der Waals surface area contributed by atoms with Gasteiger partial charge in [-0.05, 0) is 47.5 Å². The lowest BCUT2D eigenvalue weighted by Gasteiger charge is -2.11. The maximum Gasteiger partial charge on any atom is 0.281 e. The second-order valence-corrected chi connectivity index (χ2v) is 7.34. The van der Waals surface area contributed by atoms with Crippen LogP contribution in [0.3, 0.4) is 0 Å². The monoisotopic (exact) mass is 393 g/mol. The molecule has 0 spiro atoms. The summed E-state index contributed by atoms with van der Waals surface area (Å²) >= 11 is 9.29. The van der Waals surface area contributed by atoms with Gasteiger partial charge in [-0.3, -0.25) is 9.82 Å². The molecule has 0 aliphatic carbocycles. The first-order chi connectivity index (χ1) is 9.76. The molecule has 2 rings (SSSR count). The molecule has 0 aliphatic heterocycles. The number of hydrogen-bond donors (Lipinski definition) is 3. The van der Waals surface area contributed by atoms with Crippen LogP contribution in [0.25, 0.3) is 0 Å². The van der Waals surface area contributed by atoms with Crippen molar-refractivity contribution in [1.82, 2.24) is 10.2 Å². The molecule has 0 fully saturated rings. The third-order valence-electron chi connectivity index (χ3n) is 2.94. The third kappa shape index (κ3) is 3.23. The zero-order valence-electron chi connectivity index (χ0n) is 11.2. The van der Waals surface area contributed by atoms with Gasteiger partial charge in [-0.2, -0.15) is 13.5 Å². The molecular formula is C12H13BrClN3O3S. The van der Waals surface area contributed by atoms with Crippen molar-refractivity contribution in [3.63, 3.8) is 0 Å². The summed E-state index contributed by atoms with van der Waals surface area (Å²) in [6, 6.07) is 3.22. The van der Waals surface area contributed by atoms with Gasteiger partial charge < -0.3 is 5.11 Å². The van der Waals surface area contributed by atoms with Gasteiger partial charge in [-0.1, -0.05) is 11.6 Å². The Labute approximate surface area is 135 Å². The van der Waals surface area contributed by atoms with Crippen LogP contribution < -0.4 is 4.72 Å². The smallest absolute Gasteiger partial charge is 0.281 e. The van der Waals surface area contributed by atoms with E-state index in [0.717, 1.165) is 5.56 Å². The van der Waals surface area contributed by atoms with Gasteiger partial charge in [-0.25, -0.2) is 0 Å². The van der Waals surface area contributed by atoms with Crippen molar-refractivity contribution in [2.75, 3.05) is 4.72 Å². The van der Waals surface area contributed by atoms with Crippen LogP contribution in [0.15, 0.2) is 21.6 Å². The maximum absolute atomic E-state index is 12.4. The molecule has 2 aromatic rings. The molecule has 1 heterocycles. The summed E-state index contributed by atoms with van der Waals surface area (Å²) in [5.41, 5.74) is 1.85. The van der Waals surface area contributed by atoms with Gasteiger partial charge >= 0.3 is 0 Å². The molecule has 0 atom stereocenters. The average Bonchev–Trinajstić information content (AvgIpc) is 2.77. The molecule has 0 bridgehead atoms. The molecule has 9 heteroatoms. The van der Waals surface area contributed by atoms with Crippen LogP contribution in [0.4, 0.5) is 5.69 Å². The summed E-state index contributed by atoms with van der Waals surface area (Å²) in [7, 11) is -3.93. The number of nitrogens with one attached hydrogen (secondary N) is 2. The van der Waals surface area contributed by atoms with Gasteiger partial charge in [-0.15, -0.1) is 0 Å². The van der Waals surface area contributed by atoms with Gasteiger partial charge in [0.15, 0.2) is 0 Å². The van der Waals surface area contributed by atoms with Crippen molar-refractivity contribution in [3.8, 4) is 0 Å². The van der Waals surface area contributed by atoms with Gasteiger partial charge in [0.25, 0.3) is 10.0 Å². The van der Waals surface area contributed by atoms with Gasteiger partial charge in [0.2, 0.25) is 5.03 Å². The fourth-order valence-corrected chi connectivity index (χ4v) is 3.87. The van der Waals surface area contributed by atoms with Gasteiger partial charge in [0, 0.05) is 20.8 Å². The molecule has 0 aliphatic rings. The molecule has 21 heavy (non-hydrogen) atoms. The number of aliphatic hydroxyl groups excluding tert-OH is 1. The second kappa shape index (κ2) is 5.96. The van der Waals surface area contributed by atoms with Crippen LogP contribution in [-0.4, -0.2) is 23.7 Å². The Morgan fingerprint density at radius 3 is 2.71 bits per heavy atom. The van der Waals surface area contributed by atoms with Crippen LogP contribution in [0, 0.1) is 13.8 Å². The minimum atomic E-state index is -3.93. The topological polar surface area (TPSA) is 95.1 Å². The van der Waals surface area contributed by atoms with E-state index in [1.54, 1.807) is 13.0 Å². The SMILES string of the molecule is Cc1cc(Br)c(NS(=O)(=O)c2n[nH]c(C)c2CO)cc1Cl. The normalized spacial score (nSPS) is 11.7. The fraction of sp³-hybridized carbons (Fsp3) is 0.250. The average molecular weight is 395 g/mol. The maximum atomic E-state index is 12.4. The number of benzene rings is 1. The van der Waals surface area contributed by atoms with Crippen molar-refractivity contribution in [3.05, 3.63) is 38.4 Å². The summed E-state index contributed by atoms with van der Waals surface area (Å²) < 4.78 is 27.7. The zero-order valence-corrected chi connectivity index (χ0v) is 14.4. The number of H-pyrrole nitrogens is 1. The zero-order chi connectivity index (χ0) is 15.8. The molecule has 6 nitrogen and oxygen atoms in total. The van der Waals surface area contributed by atoms with Crippen molar-refractivity contribution in [2.24, 2.45) is 0 Å². The largest absolute Gasteiger partial charge is 0.392 e. The van der Waals surface area contributed by atoms with Crippen molar-refractivity contribution in [2.45, 2.75) is 25.5 Å². The minimum absolute atomic E-state index is 0.230. The lowest BCUT2D eigenvalue weighted by molar-refractivity contribution is 0.277. The third-order valence-corrected chi connectivity index (χ3v) is 5.34. The first-order valence-electron chi connectivity index (χ1n) is 5.89. The van der Waals surface area contributed by atoms with Crippen LogP contribution in [0.2, 0.25) is 5.02 Å². The highest BCUT2D eigenvalue weighted by Crippen LogP contribution is 2.31. The van der Waals surface area contributed by atoms with E-state index < -0.39 is 16.6 Å². The summed E-state index contributed by atoms with van der Waals surface area (Å²) in [5, 5.41) is 15.8. The Morgan fingerprint density at radius 2 is 2.10 bits per heavy atom. The molecule has 0 amide bonds. The summed E-state index contributed by atoms with van der Waals surface area (Å²) in [6.07, 6.45) is 0. The van der Waals surface area contributed by atoms with Crippen molar-refractivity contribution < 1.29 is 13.5 Å². The van der Waals surface area contributed by atoms with Crippen molar-refractivity contribution >= 4 is 43.2 Å². The Kier molecular flexibility index (Phi) is 4.62. The number of aromatic nitrogens is 2. The van der Waals surface area contributed by atoms with E-state index in [9.17, 15) is 13.5 Å². The highest BCUT2D eigenvalue weighted by Gasteiger charge is 2.24. The molecule has 0 radical (unpaired) electrons. The van der Waals surface area contributed by atoms with E-state index >= 15 is 0 Å². The van der Waals surface area contributed by atoms with E-state index in [4.69, 9.17) is 11.6 Å². The highest BCUT2D eigenvalue weighted by molar-refractivity contribution is 9.10. The number of aliphatic hydroxyl groups is 1. The Bertz CT molecular complexity index is 789. The summed E-state index contributed by atoms with van der Waals surface area (Å²) in [4.78, 5) is 0. The quantitative estimate of drug-likeness (QED) is 0.743. The molecule has 1 aromatic carbocycles. The first kappa shape index (κ1) is 16.3.